The van der Waals surface area contributed by atoms with Crippen LogP contribution in [0.25, 0.3) is 0 Å². The van der Waals surface area contributed by atoms with E-state index in [2.05, 4.69) is 10.2 Å². The zero-order chi connectivity index (χ0) is 16.5. The first-order valence-corrected chi connectivity index (χ1v) is 7.65. The van der Waals surface area contributed by atoms with Crippen LogP contribution in [0.3, 0.4) is 0 Å². The van der Waals surface area contributed by atoms with Gasteiger partial charge in [-0.05, 0) is 25.1 Å². The molecule has 9 heteroatoms. The van der Waals surface area contributed by atoms with Crippen molar-refractivity contribution in [3.63, 3.8) is 0 Å². The van der Waals surface area contributed by atoms with Crippen molar-refractivity contribution in [3.8, 4) is 0 Å². The molecule has 0 aliphatic rings. The molecule has 1 heterocycles. The minimum absolute atomic E-state index is 0.0125. The van der Waals surface area contributed by atoms with Crippen LogP contribution in [0.15, 0.2) is 29.3 Å². The standard InChI is InChI=1S/C13H14FN3O4S/c1-8-10(6-15-16-8)7-17(2)22(20,21)12-5-9(13(18)19)3-4-11(12)14/h3-6H,7H2,1-2H3,(H,15,16)(H,18,19). The lowest BCUT2D eigenvalue weighted by Crippen LogP contribution is -2.27. The van der Waals surface area contributed by atoms with Crippen molar-refractivity contribution >= 4 is 16.0 Å². The van der Waals surface area contributed by atoms with Gasteiger partial charge in [-0.15, -0.1) is 0 Å². The van der Waals surface area contributed by atoms with Crippen LogP contribution in [0.1, 0.15) is 21.6 Å². The Morgan fingerprint density at radius 3 is 2.68 bits per heavy atom. The fourth-order valence-corrected chi connectivity index (χ4v) is 3.10. The minimum atomic E-state index is -4.17. The molecule has 1 aromatic carbocycles. The third-order valence-electron chi connectivity index (χ3n) is 3.19. The van der Waals surface area contributed by atoms with Crippen molar-refractivity contribution in [2.45, 2.75) is 18.4 Å². The third-order valence-corrected chi connectivity index (χ3v) is 5.01. The highest BCUT2D eigenvalue weighted by atomic mass is 32.2. The van der Waals surface area contributed by atoms with Gasteiger partial charge in [0.1, 0.15) is 10.7 Å². The number of benzene rings is 1. The quantitative estimate of drug-likeness (QED) is 0.863. The molecular weight excluding hydrogens is 313 g/mol. The van der Waals surface area contributed by atoms with Gasteiger partial charge in [0.15, 0.2) is 0 Å². The number of H-pyrrole nitrogens is 1. The average molecular weight is 327 g/mol. The summed E-state index contributed by atoms with van der Waals surface area (Å²) < 4.78 is 39.6. The molecule has 0 aliphatic heterocycles. The number of hydrogen-bond acceptors (Lipinski definition) is 4. The first kappa shape index (κ1) is 16.1. The van der Waals surface area contributed by atoms with Gasteiger partial charge in [-0.3, -0.25) is 5.10 Å². The number of aromatic carboxylic acids is 1. The van der Waals surface area contributed by atoms with E-state index in [1.165, 1.54) is 13.2 Å². The van der Waals surface area contributed by atoms with Gasteiger partial charge in [0.25, 0.3) is 0 Å². The largest absolute Gasteiger partial charge is 0.478 e. The van der Waals surface area contributed by atoms with E-state index >= 15 is 0 Å². The van der Waals surface area contributed by atoms with Crippen LogP contribution < -0.4 is 0 Å². The molecule has 7 nitrogen and oxygen atoms in total. The Labute approximate surface area is 126 Å². The number of hydrogen-bond donors (Lipinski definition) is 2. The molecular formula is C13H14FN3O4S. The highest BCUT2D eigenvalue weighted by molar-refractivity contribution is 7.89. The van der Waals surface area contributed by atoms with Crippen LogP contribution in [0.2, 0.25) is 0 Å². The number of aromatic nitrogens is 2. The number of nitrogens with zero attached hydrogens (tertiary/aromatic N) is 2. The number of rotatable bonds is 5. The lowest BCUT2D eigenvalue weighted by molar-refractivity contribution is 0.0696. The molecule has 2 aromatic rings. The van der Waals surface area contributed by atoms with Crippen molar-refractivity contribution in [2.75, 3.05) is 7.05 Å². The van der Waals surface area contributed by atoms with Gasteiger partial charge >= 0.3 is 5.97 Å². The number of aromatic amines is 1. The molecule has 0 unspecified atom stereocenters. The lowest BCUT2D eigenvalue weighted by atomic mass is 10.2. The van der Waals surface area contributed by atoms with Crippen molar-refractivity contribution in [1.82, 2.24) is 14.5 Å². The fraction of sp³-hybridized carbons (Fsp3) is 0.231. The predicted molar refractivity (Wildman–Crippen MR) is 75.3 cm³/mol. The van der Waals surface area contributed by atoms with Crippen molar-refractivity contribution < 1.29 is 22.7 Å². The number of carboxylic acid groups (broad SMARTS) is 1. The van der Waals surface area contributed by atoms with Crippen LogP contribution in [0.5, 0.6) is 0 Å². The second-order valence-corrected chi connectivity index (χ2v) is 6.74. The Balaban J connectivity index is 2.39. The van der Waals surface area contributed by atoms with Gasteiger partial charge in [0.2, 0.25) is 10.0 Å². The van der Waals surface area contributed by atoms with E-state index in [-0.39, 0.29) is 12.1 Å². The zero-order valence-electron chi connectivity index (χ0n) is 11.9. The third kappa shape index (κ3) is 3.00. The zero-order valence-corrected chi connectivity index (χ0v) is 12.7. The Kier molecular flexibility index (Phi) is 4.29. The second-order valence-electron chi connectivity index (χ2n) is 4.73. The maximum Gasteiger partial charge on any atom is 0.335 e. The Morgan fingerprint density at radius 1 is 1.45 bits per heavy atom. The van der Waals surface area contributed by atoms with E-state index in [9.17, 15) is 17.6 Å². The summed E-state index contributed by atoms with van der Waals surface area (Å²) in [5.41, 5.74) is 1.04. The number of nitrogens with one attached hydrogen (secondary N) is 1. The van der Waals surface area contributed by atoms with Gasteiger partial charge in [-0.2, -0.15) is 9.40 Å². The molecule has 0 amide bonds. The number of sulfonamides is 1. The molecule has 0 bridgehead atoms. The van der Waals surface area contributed by atoms with Crippen LogP contribution in [-0.4, -0.2) is 41.0 Å². The molecule has 2 N–H and O–H groups in total. The Bertz CT molecular complexity index is 816. The number of carboxylic acids is 1. The summed E-state index contributed by atoms with van der Waals surface area (Å²) in [5, 5.41) is 15.4. The van der Waals surface area contributed by atoms with Gasteiger partial charge in [0, 0.05) is 24.8 Å². The van der Waals surface area contributed by atoms with Crippen molar-refractivity contribution in [3.05, 3.63) is 47.0 Å². The molecule has 0 radical (unpaired) electrons. The van der Waals surface area contributed by atoms with Gasteiger partial charge < -0.3 is 5.11 Å². The predicted octanol–water partition coefficient (Wildman–Crippen LogP) is 1.38. The minimum Gasteiger partial charge on any atom is -0.478 e. The molecule has 0 atom stereocenters. The monoisotopic (exact) mass is 327 g/mol. The smallest absolute Gasteiger partial charge is 0.335 e. The van der Waals surface area contributed by atoms with Gasteiger partial charge in [-0.25, -0.2) is 17.6 Å². The molecule has 0 saturated heterocycles. The molecule has 0 saturated carbocycles. The Morgan fingerprint density at radius 2 is 2.14 bits per heavy atom. The normalized spacial score (nSPS) is 11.8. The maximum atomic E-state index is 13.8. The van der Waals surface area contributed by atoms with Crippen LogP contribution >= 0.6 is 0 Å². The number of carbonyl (C=O) groups is 1. The van der Waals surface area contributed by atoms with Crippen LogP contribution in [0, 0.1) is 12.7 Å². The summed E-state index contributed by atoms with van der Waals surface area (Å²) in [6.45, 7) is 1.72. The first-order chi connectivity index (χ1) is 10.2. The fourth-order valence-electron chi connectivity index (χ4n) is 1.86. The number of aryl methyl sites for hydroxylation is 1. The van der Waals surface area contributed by atoms with E-state index < -0.39 is 26.7 Å². The topological polar surface area (TPSA) is 103 Å². The summed E-state index contributed by atoms with van der Waals surface area (Å²) in [7, 11) is -2.88. The summed E-state index contributed by atoms with van der Waals surface area (Å²) in [5.74, 6) is -2.33. The SMILES string of the molecule is Cc1[nH]ncc1CN(C)S(=O)(=O)c1cc(C(=O)O)ccc1F. The van der Waals surface area contributed by atoms with Crippen LogP contribution in [-0.2, 0) is 16.6 Å². The molecule has 118 valence electrons. The summed E-state index contributed by atoms with van der Waals surface area (Å²) in [4.78, 5) is 10.2. The van der Waals surface area contributed by atoms with Gasteiger partial charge in [0.05, 0.1) is 11.8 Å². The maximum absolute atomic E-state index is 13.8. The highest BCUT2D eigenvalue weighted by Crippen LogP contribution is 2.22. The second kappa shape index (κ2) is 5.85. The Hall–Kier alpha value is -2.26. The van der Waals surface area contributed by atoms with E-state index in [4.69, 9.17) is 5.11 Å². The highest BCUT2D eigenvalue weighted by Gasteiger charge is 2.26. The van der Waals surface area contributed by atoms with Crippen LogP contribution in [0.4, 0.5) is 4.39 Å². The molecule has 0 fully saturated rings. The van der Waals surface area contributed by atoms with Gasteiger partial charge in [-0.1, -0.05) is 0 Å². The molecule has 22 heavy (non-hydrogen) atoms. The lowest BCUT2D eigenvalue weighted by Gasteiger charge is -2.17. The van der Waals surface area contributed by atoms with E-state index in [0.29, 0.717) is 11.3 Å². The summed E-state index contributed by atoms with van der Waals surface area (Å²) in [6.07, 6.45) is 1.48. The van der Waals surface area contributed by atoms with E-state index in [1.807, 2.05) is 0 Å². The van der Waals surface area contributed by atoms with Crippen molar-refractivity contribution in [2.24, 2.45) is 0 Å². The average Bonchev–Trinajstić information content (AvgIpc) is 2.84. The molecule has 1 aromatic heterocycles. The summed E-state index contributed by atoms with van der Waals surface area (Å²) >= 11 is 0. The van der Waals surface area contributed by atoms with Crippen molar-refractivity contribution in [1.29, 1.82) is 0 Å². The van der Waals surface area contributed by atoms with E-state index in [1.54, 1.807) is 6.92 Å². The summed E-state index contributed by atoms with van der Waals surface area (Å²) in [6, 6.07) is 2.65. The number of halogens is 1. The first-order valence-electron chi connectivity index (χ1n) is 6.21. The molecule has 0 spiro atoms. The van der Waals surface area contributed by atoms with E-state index in [0.717, 1.165) is 22.5 Å². The molecule has 2 rings (SSSR count). The molecule has 0 aliphatic carbocycles.